The van der Waals surface area contributed by atoms with Gasteiger partial charge in [0.2, 0.25) is 0 Å². The van der Waals surface area contributed by atoms with Crippen LogP contribution in [0.1, 0.15) is 41.0 Å². The van der Waals surface area contributed by atoms with Crippen LogP contribution in [-0.4, -0.2) is 36.5 Å². The summed E-state index contributed by atoms with van der Waals surface area (Å²) in [4.78, 5) is 0. The highest BCUT2D eigenvalue weighted by molar-refractivity contribution is 4.83. The van der Waals surface area contributed by atoms with Crippen molar-refractivity contribution in [2.75, 3.05) is 19.8 Å². The van der Waals surface area contributed by atoms with Crippen molar-refractivity contribution in [2.24, 2.45) is 5.92 Å². The summed E-state index contributed by atoms with van der Waals surface area (Å²) in [7, 11) is 0. The summed E-state index contributed by atoms with van der Waals surface area (Å²) in [5.41, 5.74) is -0.217. The molecule has 0 spiro atoms. The van der Waals surface area contributed by atoms with Crippen LogP contribution in [-0.2, 0) is 4.74 Å². The van der Waals surface area contributed by atoms with E-state index in [1.165, 1.54) is 0 Å². The van der Waals surface area contributed by atoms with E-state index in [2.05, 4.69) is 33.0 Å². The van der Waals surface area contributed by atoms with Crippen LogP contribution in [0.15, 0.2) is 0 Å². The first-order valence-electron chi connectivity index (χ1n) is 5.86. The van der Waals surface area contributed by atoms with Gasteiger partial charge in [-0.05, 0) is 19.3 Å². The summed E-state index contributed by atoms with van der Waals surface area (Å²) in [6.07, 6.45) is 0.842. The Morgan fingerprint density at radius 2 is 1.87 bits per heavy atom. The zero-order valence-electron chi connectivity index (χ0n) is 10.8. The lowest BCUT2D eigenvalue weighted by atomic mass is 9.98. The normalized spacial score (nSPS) is 16.0. The Bertz CT molecular complexity index is 160. The molecule has 0 fully saturated rings. The predicted molar refractivity (Wildman–Crippen MR) is 64.0 cm³/mol. The highest BCUT2D eigenvalue weighted by Gasteiger charge is 2.23. The van der Waals surface area contributed by atoms with Gasteiger partial charge >= 0.3 is 0 Å². The van der Waals surface area contributed by atoms with Crippen LogP contribution in [0.5, 0.6) is 0 Å². The molecular formula is C12H27NO2. The molecule has 0 radical (unpaired) electrons. The van der Waals surface area contributed by atoms with E-state index in [0.29, 0.717) is 18.6 Å². The van der Waals surface area contributed by atoms with Crippen LogP contribution >= 0.6 is 0 Å². The lowest BCUT2D eigenvalue weighted by Gasteiger charge is -2.31. The highest BCUT2D eigenvalue weighted by Crippen LogP contribution is 2.10. The minimum Gasteiger partial charge on any atom is -0.394 e. The molecule has 0 aromatic carbocycles. The maximum absolute atomic E-state index is 9.32. The van der Waals surface area contributed by atoms with Gasteiger partial charge in [-0.1, -0.05) is 27.7 Å². The first-order chi connectivity index (χ1) is 6.89. The SMILES string of the molecule is CC(C)COCCC(C)(CO)NC(C)C. The number of aliphatic hydroxyl groups excluding tert-OH is 1. The van der Waals surface area contributed by atoms with E-state index in [-0.39, 0.29) is 12.1 Å². The molecule has 1 unspecified atom stereocenters. The Balaban J connectivity index is 3.77. The lowest BCUT2D eigenvalue weighted by molar-refractivity contribution is 0.0702. The van der Waals surface area contributed by atoms with E-state index in [0.717, 1.165) is 13.0 Å². The number of aliphatic hydroxyl groups is 1. The number of hydrogen-bond donors (Lipinski definition) is 2. The van der Waals surface area contributed by atoms with Gasteiger partial charge in [0.1, 0.15) is 0 Å². The summed E-state index contributed by atoms with van der Waals surface area (Å²) in [5, 5.41) is 12.7. The van der Waals surface area contributed by atoms with Crippen molar-refractivity contribution in [3.05, 3.63) is 0 Å². The standard InChI is InChI=1S/C12H27NO2/c1-10(2)8-15-7-6-12(5,9-14)13-11(3)4/h10-11,13-14H,6-9H2,1-5H3. The van der Waals surface area contributed by atoms with Gasteiger partial charge in [-0.25, -0.2) is 0 Å². The Morgan fingerprint density at radius 1 is 1.27 bits per heavy atom. The minimum atomic E-state index is -0.217. The van der Waals surface area contributed by atoms with E-state index in [1.807, 2.05) is 6.92 Å². The van der Waals surface area contributed by atoms with Gasteiger partial charge in [-0.15, -0.1) is 0 Å². The quantitative estimate of drug-likeness (QED) is 0.609. The monoisotopic (exact) mass is 217 g/mol. The van der Waals surface area contributed by atoms with E-state index < -0.39 is 0 Å². The predicted octanol–water partition coefficient (Wildman–Crippen LogP) is 1.80. The van der Waals surface area contributed by atoms with Crippen molar-refractivity contribution in [2.45, 2.75) is 52.6 Å². The molecule has 15 heavy (non-hydrogen) atoms. The second-order valence-corrected chi connectivity index (χ2v) is 5.24. The van der Waals surface area contributed by atoms with Crippen molar-refractivity contribution in [1.29, 1.82) is 0 Å². The molecule has 0 rings (SSSR count). The molecule has 0 amide bonds. The first-order valence-corrected chi connectivity index (χ1v) is 5.86. The molecule has 3 heteroatoms. The third-order valence-corrected chi connectivity index (χ3v) is 2.24. The first kappa shape index (κ1) is 14.9. The minimum absolute atomic E-state index is 0.149. The molecule has 0 aliphatic rings. The van der Waals surface area contributed by atoms with E-state index in [1.54, 1.807) is 0 Å². The van der Waals surface area contributed by atoms with Crippen LogP contribution in [0.25, 0.3) is 0 Å². The molecule has 0 heterocycles. The van der Waals surface area contributed by atoms with Crippen LogP contribution in [0.2, 0.25) is 0 Å². The van der Waals surface area contributed by atoms with Crippen molar-refractivity contribution < 1.29 is 9.84 Å². The average molecular weight is 217 g/mol. The molecule has 0 aromatic heterocycles. The van der Waals surface area contributed by atoms with Crippen molar-refractivity contribution in [3.63, 3.8) is 0 Å². The fourth-order valence-electron chi connectivity index (χ4n) is 1.51. The van der Waals surface area contributed by atoms with Gasteiger partial charge in [-0.2, -0.15) is 0 Å². The summed E-state index contributed by atoms with van der Waals surface area (Å²) >= 11 is 0. The highest BCUT2D eigenvalue weighted by atomic mass is 16.5. The maximum atomic E-state index is 9.32. The molecule has 0 aliphatic carbocycles. The molecule has 0 aliphatic heterocycles. The summed E-state index contributed by atoms with van der Waals surface area (Å²) < 4.78 is 5.52. The Hall–Kier alpha value is -0.120. The summed E-state index contributed by atoms with van der Waals surface area (Å²) in [6, 6.07) is 0.382. The van der Waals surface area contributed by atoms with Gasteiger partial charge in [0.25, 0.3) is 0 Å². The van der Waals surface area contributed by atoms with Crippen LogP contribution in [0.3, 0.4) is 0 Å². The molecule has 0 bridgehead atoms. The molecule has 3 nitrogen and oxygen atoms in total. The number of rotatable bonds is 8. The van der Waals surface area contributed by atoms with Crippen LogP contribution in [0.4, 0.5) is 0 Å². The average Bonchev–Trinajstić information content (AvgIpc) is 2.11. The zero-order valence-corrected chi connectivity index (χ0v) is 10.8. The molecule has 0 saturated carbocycles. The second-order valence-electron chi connectivity index (χ2n) is 5.24. The number of hydrogen-bond acceptors (Lipinski definition) is 3. The van der Waals surface area contributed by atoms with E-state index in [4.69, 9.17) is 4.74 Å². The van der Waals surface area contributed by atoms with Crippen molar-refractivity contribution in [3.8, 4) is 0 Å². The Morgan fingerprint density at radius 3 is 2.27 bits per heavy atom. The summed E-state index contributed by atoms with van der Waals surface area (Å²) in [6.45, 7) is 12.1. The largest absolute Gasteiger partial charge is 0.394 e. The Labute approximate surface area is 94.2 Å². The molecule has 0 aromatic rings. The van der Waals surface area contributed by atoms with Crippen molar-refractivity contribution >= 4 is 0 Å². The molecule has 2 N–H and O–H groups in total. The number of ether oxygens (including phenoxy) is 1. The van der Waals surface area contributed by atoms with Gasteiger partial charge in [0.05, 0.1) is 6.61 Å². The molecular weight excluding hydrogens is 190 g/mol. The third kappa shape index (κ3) is 7.77. The zero-order chi connectivity index (χ0) is 11.9. The third-order valence-electron chi connectivity index (χ3n) is 2.24. The van der Waals surface area contributed by atoms with Crippen molar-refractivity contribution in [1.82, 2.24) is 5.32 Å². The fourth-order valence-corrected chi connectivity index (χ4v) is 1.51. The molecule has 1 atom stereocenters. The Kier molecular flexibility index (Phi) is 7.14. The van der Waals surface area contributed by atoms with E-state index in [9.17, 15) is 5.11 Å². The van der Waals surface area contributed by atoms with Gasteiger partial charge < -0.3 is 15.2 Å². The molecule has 0 saturated heterocycles. The van der Waals surface area contributed by atoms with E-state index >= 15 is 0 Å². The smallest absolute Gasteiger partial charge is 0.0611 e. The topological polar surface area (TPSA) is 41.5 Å². The molecule has 92 valence electrons. The van der Waals surface area contributed by atoms with Crippen LogP contribution < -0.4 is 5.32 Å². The van der Waals surface area contributed by atoms with Gasteiger partial charge in [0.15, 0.2) is 0 Å². The van der Waals surface area contributed by atoms with Gasteiger partial charge in [-0.3, -0.25) is 0 Å². The fraction of sp³-hybridized carbons (Fsp3) is 1.00. The van der Waals surface area contributed by atoms with Crippen LogP contribution in [0, 0.1) is 5.92 Å². The number of nitrogens with one attached hydrogen (secondary N) is 1. The maximum Gasteiger partial charge on any atom is 0.0611 e. The lowest BCUT2D eigenvalue weighted by Crippen LogP contribution is -2.49. The van der Waals surface area contributed by atoms with Gasteiger partial charge in [0, 0.05) is 24.8 Å². The second kappa shape index (κ2) is 7.20. The summed E-state index contributed by atoms with van der Waals surface area (Å²) in [5.74, 6) is 0.573.